The molecule has 0 bridgehead atoms. The van der Waals surface area contributed by atoms with Gasteiger partial charge in [-0.15, -0.1) is 0 Å². The van der Waals surface area contributed by atoms with Crippen molar-refractivity contribution in [3.8, 4) is 50.9 Å². The molecule has 10 aromatic rings. The predicted molar refractivity (Wildman–Crippen MR) is 255 cm³/mol. The number of hydrogen-bond acceptors (Lipinski definition) is 2. The van der Waals surface area contributed by atoms with Crippen LogP contribution in [0.4, 0.5) is 0 Å². The van der Waals surface area contributed by atoms with Crippen molar-refractivity contribution in [2.45, 2.75) is 58.8 Å². The van der Waals surface area contributed by atoms with Gasteiger partial charge in [-0.1, -0.05) is 0 Å². The standard InChI is InChI=1S/C57H48N4O.Pt/c1-38-28-29-58-55(30-38)61-53-32-42-21-12-11-20-41(42)31-50(53)47-27-26-46(36-54(47)61)62-45-23-15-22-44(35-45)59-37-60(52-25-14-13-24-51(52)59)56-48(39-16-7-5-8-17-39)33-43(57(2,3)4)34-49(56)40-18-9-6-10-19-40;/h5-10,13-19,22-36H,11-12,20-21H2,1-4H3;. The smallest absolute Gasteiger partial charge is 0.0489 e. The van der Waals surface area contributed by atoms with Gasteiger partial charge in [-0.05, 0) is 55.4 Å². The Hall–Kier alpha value is -6.55. The molecule has 0 saturated heterocycles. The average molecular weight is 1000 g/mol. The first-order valence-electron chi connectivity index (χ1n) is 22.0. The molecule has 0 saturated carbocycles. The van der Waals surface area contributed by atoms with Crippen molar-refractivity contribution in [1.82, 2.24) is 18.7 Å². The fourth-order valence-corrected chi connectivity index (χ4v) is 10.7. The quantitative estimate of drug-likeness (QED) is 0.160. The number of fused-ring (bicyclic) bond motifs is 5. The van der Waals surface area contributed by atoms with Gasteiger partial charge in [0.2, 0.25) is 0 Å². The Kier molecular flexibility index (Phi) is 9.77. The second kappa shape index (κ2) is 15.7. The van der Waals surface area contributed by atoms with Crippen LogP contribution in [-0.2, 0) is 37.6 Å². The van der Waals surface area contributed by atoms with E-state index in [0.717, 1.165) is 61.9 Å². The van der Waals surface area contributed by atoms with E-state index >= 15 is 0 Å². The molecular weight excluding hydrogens is 952 g/mol. The van der Waals surface area contributed by atoms with Gasteiger partial charge in [-0.3, -0.25) is 0 Å². The Morgan fingerprint density at radius 2 is 1.16 bits per heavy atom. The summed E-state index contributed by atoms with van der Waals surface area (Å²) >= 11 is 2.53. The van der Waals surface area contributed by atoms with Crippen molar-refractivity contribution in [2.75, 3.05) is 0 Å². The number of nitrogens with zero attached hydrogens (tertiary/aromatic N) is 4. The van der Waals surface area contributed by atoms with Crippen LogP contribution in [0.5, 0.6) is 11.5 Å². The molecule has 63 heavy (non-hydrogen) atoms. The number of hydrogen-bond donors (Lipinski definition) is 0. The summed E-state index contributed by atoms with van der Waals surface area (Å²) in [4.78, 5) is 4.89. The van der Waals surface area contributed by atoms with E-state index in [4.69, 9.17) is 9.72 Å². The van der Waals surface area contributed by atoms with Gasteiger partial charge in [0.05, 0.1) is 0 Å². The first-order valence-corrected chi connectivity index (χ1v) is 23.1. The molecule has 0 N–H and O–H groups in total. The molecule has 0 radical (unpaired) electrons. The van der Waals surface area contributed by atoms with Crippen molar-refractivity contribution < 1.29 is 24.1 Å². The van der Waals surface area contributed by atoms with E-state index in [9.17, 15) is 0 Å². The van der Waals surface area contributed by atoms with Gasteiger partial charge in [-0.2, -0.15) is 0 Å². The fourth-order valence-electron chi connectivity index (χ4n) is 9.56. The monoisotopic (exact) mass is 999 g/mol. The number of imidazole rings is 1. The van der Waals surface area contributed by atoms with Crippen LogP contribution < -0.4 is 4.74 Å². The SMILES string of the molecule is Cc1ccnc(-n2c3cc(Oc4cccc(-n5[c](=[Pt])n(-c6c(-c7ccccc7)cc(C(C)(C)C)cc6-c6ccccc6)c6ccccc65)c4)ccc3c3cc4c(cc32)CCCC4)c1. The molecule has 1 aliphatic carbocycles. The van der Waals surface area contributed by atoms with Crippen LogP contribution in [0.25, 0.3) is 72.3 Å². The maximum atomic E-state index is 6.85. The summed E-state index contributed by atoms with van der Waals surface area (Å²) in [5.74, 6) is 2.47. The normalized spacial score (nSPS) is 12.9. The Balaban J connectivity index is 1.07. The molecule has 0 spiro atoms. The van der Waals surface area contributed by atoms with Crippen LogP contribution >= 0.6 is 0 Å². The van der Waals surface area contributed by atoms with Gasteiger partial charge >= 0.3 is 320 Å². The summed E-state index contributed by atoms with van der Waals surface area (Å²) in [6.07, 6.45) is 6.67. The zero-order valence-corrected chi connectivity index (χ0v) is 38.3. The number of benzene rings is 7. The van der Waals surface area contributed by atoms with E-state index in [1.807, 2.05) is 6.20 Å². The molecule has 0 aliphatic heterocycles. The summed E-state index contributed by atoms with van der Waals surface area (Å²) in [6, 6.07) is 59.3. The van der Waals surface area contributed by atoms with Gasteiger partial charge in [-0.25, -0.2) is 0 Å². The predicted octanol–water partition coefficient (Wildman–Crippen LogP) is 14.6. The van der Waals surface area contributed by atoms with Crippen LogP contribution in [-0.4, -0.2) is 18.7 Å². The van der Waals surface area contributed by atoms with Crippen molar-refractivity contribution in [1.29, 1.82) is 0 Å². The number of para-hydroxylation sites is 2. The van der Waals surface area contributed by atoms with Gasteiger partial charge in [0.25, 0.3) is 0 Å². The average Bonchev–Trinajstić information content (AvgIpc) is 3.77. The van der Waals surface area contributed by atoms with Gasteiger partial charge in [0, 0.05) is 6.20 Å². The Morgan fingerprint density at radius 3 is 1.83 bits per heavy atom. The number of aromatic nitrogens is 4. The molecule has 3 aromatic heterocycles. The first-order chi connectivity index (χ1) is 30.7. The summed E-state index contributed by atoms with van der Waals surface area (Å²) in [7, 11) is 0. The van der Waals surface area contributed by atoms with Crippen molar-refractivity contribution in [3.63, 3.8) is 0 Å². The van der Waals surface area contributed by atoms with E-state index in [1.54, 1.807) is 0 Å². The van der Waals surface area contributed by atoms with Crippen LogP contribution in [0.15, 0.2) is 170 Å². The molecule has 6 heteroatoms. The van der Waals surface area contributed by atoms with E-state index < -0.39 is 0 Å². The minimum Gasteiger partial charge on any atom is -0.0489 e. The van der Waals surface area contributed by atoms with Gasteiger partial charge in [0.15, 0.2) is 0 Å². The molecule has 7 aromatic carbocycles. The minimum atomic E-state index is -0.0595. The summed E-state index contributed by atoms with van der Waals surface area (Å²) in [5.41, 5.74) is 16.8. The van der Waals surface area contributed by atoms with Gasteiger partial charge < -0.3 is 0 Å². The summed E-state index contributed by atoms with van der Waals surface area (Å²) < 4.78 is 15.0. The summed E-state index contributed by atoms with van der Waals surface area (Å²) in [5, 5.41) is 2.48. The second-order valence-electron chi connectivity index (χ2n) is 18.0. The molecule has 11 rings (SSSR count). The van der Waals surface area contributed by atoms with Crippen LogP contribution in [0.3, 0.4) is 0 Å². The third-order valence-electron chi connectivity index (χ3n) is 12.7. The molecule has 5 nitrogen and oxygen atoms in total. The van der Waals surface area contributed by atoms with E-state index in [-0.39, 0.29) is 5.41 Å². The molecular formula is C57H48N4OPt. The van der Waals surface area contributed by atoms with Crippen LogP contribution in [0, 0.1) is 10.7 Å². The molecule has 0 fully saturated rings. The zero-order valence-electron chi connectivity index (χ0n) is 36.0. The Bertz CT molecular complexity index is 3380. The maximum absolute atomic E-state index is 6.85. The van der Waals surface area contributed by atoms with Crippen LogP contribution in [0.2, 0.25) is 0 Å². The third kappa shape index (κ3) is 7.00. The minimum absolute atomic E-state index is 0.0595. The molecule has 312 valence electrons. The molecule has 0 unspecified atom stereocenters. The third-order valence-corrected chi connectivity index (χ3v) is 13.7. The van der Waals surface area contributed by atoms with E-state index in [2.05, 4.69) is 225 Å². The number of pyridine rings is 1. The topological polar surface area (TPSA) is 36.9 Å². The van der Waals surface area contributed by atoms with Crippen molar-refractivity contribution in [3.05, 3.63) is 196 Å². The zero-order chi connectivity index (χ0) is 42.8. The fraction of sp³-hybridized carbons (Fsp3) is 0.158. The second-order valence-corrected chi connectivity index (χ2v) is 19.0. The molecule has 0 amide bonds. The van der Waals surface area contributed by atoms with Gasteiger partial charge in [0.1, 0.15) is 0 Å². The molecule has 3 heterocycles. The first kappa shape index (κ1) is 39.3. The number of rotatable bonds is 7. The van der Waals surface area contributed by atoms with Crippen LogP contribution in [0.1, 0.15) is 55.9 Å². The number of aryl methyl sites for hydroxylation is 3. The van der Waals surface area contributed by atoms with E-state index in [0.29, 0.717) is 0 Å². The van der Waals surface area contributed by atoms with E-state index in [1.165, 1.54) is 73.6 Å². The van der Waals surface area contributed by atoms with Crippen molar-refractivity contribution >= 4 is 32.8 Å². The summed E-state index contributed by atoms with van der Waals surface area (Å²) in [6.45, 7) is 9.03. The molecule has 1 aliphatic rings. The Morgan fingerprint density at radius 1 is 0.540 bits per heavy atom. The molecule has 0 atom stereocenters. The number of ether oxygens (including phenoxy) is 1. The van der Waals surface area contributed by atoms with Crippen molar-refractivity contribution in [2.24, 2.45) is 0 Å². The Labute approximate surface area is 379 Å².